The molecule has 0 fully saturated rings. The maximum atomic E-state index is 5.54. The maximum absolute atomic E-state index is 5.54. The summed E-state index contributed by atoms with van der Waals surface area (Å²) in [5, 5.41) is 5.48. The molecule has 0 radical (unpaired) electrons. The first-order valence-corrected chi connectivity index (χ1v) is 7.64. The third kappa shape index (κ3) is 2.62. The summed E-state index contributed by atoms with van der Waals surface area (Å²) in [5.74, 6) is 1.87. The van der Waals surface area contributed by atoms with Crippen LogP contribution in [0.5, 0.6) is 0 Å². The zero-order valence-corrected chi connectivity index (χ0v) is 11.7. The number of fused-ring (bicyclic) bond motifs is 1. The summed E-state index contributed by atoms with van der Waals surface area (Å²) >= 11 is 1.69. The molecule has 0 amide bonds. The summed E-state index contributed by atoms with van der Waals surface area (Å²) in [6, 6.07) is 4.11. The second kappa shape index (κ2) is 5.67. The van der Waals surface area contributed by atoms with Crippen LogP contribution < -0.4 is 11.1 Å². The van der Waals surface area contributed by atoms with Crippen molar-refractivity contribution < 1.29 is 0 Å². The topological polar surface area (TPSA) is 63.8 Å². The smallest absolute Gasteiger partial charge is 0.171 e. The van der Waals surface area contributed by atoms with Crippen LogP contribution in [0.25, 0.3) is 10.7 Å². The number of anilines is 1. The Hall–Kier alpha value is -1.46. The van der Waals surface area contributed by atoms with Crippen molar-refractivity contribution in [3.8, 4) is 10.7 Å². The average Bonchev–Trinajstić information content (AvgIpc) is 3.09. The molecule has 0 aromatic carbocycles. The lowest BCUT2D eigenvalue weighted by molar-refractivity contribution is 0.865. The van der Waals surface area contributed by atoms with E-state index in [0.29, 0.717) is 6.54 Å². The highest BCUT2D eigenvalue weighted by atomic mass is 32.1. The molecule has 0 spiro atoms. The van der Waals surface area contributed by atoms with Crippen molar-refractivity contribution in [1.29, 1.82) is 0 Å². The van der Waals surface area contributed by atoms with Gasteiger partial charge in [-0.2, -0.15) is 0 Å². The highest BCUT2D eigenvalue weighted by Crippen LogP contribution is 2.30. The van der Waals surface area contributed by atoms with Gasteiger partial charge in [0.2, 0.25) is 0 Å². The molecule has 0 saturated heterocycles. The highest BCUT2D eigenvalue weighted by molar-refractivity contribution is 7.13. The van der Waals surface area contributed by atoms with Gasteiger partial charge in [0.15, 0.2) is 5.82 Å². The normalized spacial score (nSPS) is 13.5. The lowest BCUT2D eigenvalue weighted by atomic mass is 10.2. The molecule has 3 rings (SSSR count). The number of hydrogen-bond acceptors (Lipinski definition) is 5. The zero-order valence-electron chi connectivity index (χ0n) is 10.9. The molecular weight excluding hydrogens is 256 g/mol. The fourth-order valence-corrected chi connectivity index (χ4v) is 3.06. The Morgan fingerprint density at radius 3 is 3.05 bits per heavy atom. The third-order valence-corrected chi connectivity index (χ3v) is 4.21. The highest BCUT2D eigenvalue weighted by Gasteiger charge is 2.19. The summed E-state index contributed by atoms with van der Waals surface area (Å²) in [7, 11) is 0. The third-order valence-electron chi connectivity index (χ3n) is 3.35. The van der Waals surface area contributed by atoms with Gasteiger partial charge in [-0.3, -0.25) is 0 Å². The number of nitrogens with one attached hydrogen (secondary N) is 1. The van der Waals surface area contributed by atoms with Crippen LogP contribution in [0, 0.1) is 0 Å². The fraction of sp³-hybridized carbons (Fsp3) is 0.429. The molecule has 2 aromatic rings. The van der Waals surface area contributed by atoms with E-state index in [1.54, 1.807) is 11.3 Å². The Bertz CT molecular complexity index is 551. The van der Waals surface area contributed by atoms with Crippen LogP contribution in [-0.4, -0.2) is 23.1 Å². The van der Waals surface area contributed by atoms with Gasteiger partial charge in [-0.25, -0.2) is 9.97 Å². The van der Waals surface area contributed by atoms with E-state index in [4.69, 9.17) is 15.7 Å². The predicted octanol–water partition coefficient (Wildman–Crippen LogP) is 2.45. The molecule has 0 saturated carbocycles. The van der Waals surface area contributed by atoms with Crippen molar-refractivity contribution in [2.75, 3.05) is 18.4 Å². The van der Waals surface area contributed by atoms with Crippen LogP contribution in [0.1, 0.15) is 24.1 Å². The van der Waals surface area contributed by atoms with Gasteiger partial charge in [-0.15, -0.1) is 11.3 Å². The molecule has 2 heterocycles. The monoisotopic (exact) mass is 274 g/mol. The first-order chi connectivity index (χ1) is 9.38. The van der Waals surface area contributed by atoms with E-state index in [-0.39, 0.29) is 0 Å². The van der Waals surface area contributed by atoms with Gasteiger partial charge in [-0.05, 0) is 43.7 Å². The lowest BCUT2D eigenvalue weighted by Gasteiger charge is -2.11. The largest absolute Gasteiger partial charge is 0.370 e. The average molecular weight is 274 g/mol. The number of aryl methyl sites for hydroxylation is 1. The molecule has 5 heteroatoms. The standard InChI is InChI=1S/C14H18N4S/c15-7-3-8-16-13-10-4-1-5-11(10)17-14(18-13)12-6-2-9-19-12/h2,6,9H,1,3-5,7-8,15H2,(H,16,17,18). The molecule has 0 atom stereocenters. The summed E-state index contributed by atoms with van der Waals surface area (Å²) in [6.07, 6.45) is 4.31. The summed E-state index contributed by atoms with van der Waals surface area (Å²) in [5.41, 5.74) is 8.06. The molecule has 4 nitrogen and oxygen atoms in total. The molecule has 1 aliphatic carbocycles. The molecule has 100 valence electrons. The van der Waals surface area contributed by atoms with Gasteiger partial charge >= 0.3 is 0 Å². The second-order valence-electron chi connectivity index (χ2n) is 4.72. The van der Waals surface area contributed by atoms with Gasteiger partial charge in [-0.1, -0.05) is 6.07 Å². The van der Waals surface area contributed by atoms with Crippen LogP contribution in [0.15, 0.2) is 17.5 Å². The van der Waals surface area contributed by atoms with Gasteiger partial charge in [0.1, 0.15) is 5.82 Å². The second-order valence-corrected chi connectivity index (χ2v) is 5.67. The summed E-state index contributed by atoms with van der Waals surface area (Å²) in [4.78, 5) is 10.6. The van der Waals surface area contributed by atoms with Gasteiger partial charge in [0, 0.05) is 17.8 Å². The Balaban J connectivity index is 1.93. The molecule has 0 bridgehead atoms. The minimum Gasteiger partial charge on any atom is -0.370 e. The fourth-order valence-electron chi connectivity index (χ4n) is 2.40. The predicted molar refractivity (Wildman–Crippen MR) is 79.5 cm³/mol. The maximum Gasteiger partial charge on any atom is 0.171 e. The van der Waals surface area contributed by atoms with E-state index in [1.807, 2.05) is 6.07 Å². The molecule has 2 aromatic heterocycles. The first kappa shape index (κ1) is 12.6. The number of thiophene rings is 1. The number of rotatable bonds is 5. The quantitative estimate of drug-likeness (QED) is 0.822. The van der Waals surface area contributed by atoms with E-state index in [2.05, 4.69) is 16.8 Å². The van der Waals surface area contributed by atoms with Crippen molar-refractivity contribution >= 4 is 17.2 Å². The number of nitrogens with zero attached hydrogens (tertiary/aromatic N) is 2. The lowest BCUT2D eigenvalue weighted by Crippen LogP contribution is -2.12. The number of aromatic nitrogens is 2. The minimum atomic E-state index is 0.706. The first-order valence-electron chi connectivity index (χ1n) is 6.76. The van der Waals surface area contributed by atoms with E-state index >= 15 is 0 Å². The van der Waals surface area contributed by atoms with Crippen LogP contribution >= 0.6 is 11.3 Å². The van der Waals surface area contributed by atoms with Crippen molar-refractivity contribution in [1.82, 2.24) is 9.97 Å². The SMILES string of the molecule is NCCCNc1nc(-c2cccs2)nc2c1CCC2. The molecule has 3 N–H and O–H groups in total. The van der Waals surface area contributed by atoms with Gasteiger partial charge < -0.3 is 11.1 Å². The number of hydrogen-bond donors (Lipinski definition) is 2. The molecule has 0 aliphatic heterocycles. The van der Waals surface area contributed by atoms with Crippen LogP contribution in [-0.2, 0) is 12.8 Å². The van der Waals surface area contributed by atoms with Crippen molar-refractivity contribution in [3.63, 3.8) is 0 Å². The van der Waals surface area contributed by atoms with Crippen LogP contribution in [0.2, 0.25) is 0 Å². The number of nitrogens with two attached hydrogens (primary N) is 1. The Kier molecular flexibility index (Phi) is 3.75. The van der Waals surface area contributed by atoms with Crippen LogP contribution in [0.4, 0.5) is 5.82 Å². The van der Waals surface area contributed by atoms with E-state index in [1.165, 1.54) is 17.7 Å². The molecular formula is C14H18N4S. The van der Waals surface area contributed by atoms with E-state index in [0.717, 1.165) is 42.3 Å². The Morgan fingerprint density at radius 2 is 2.26 bits per heavy atom. The molecule has 1 aliphatic rings. The van der Waals surface area contributed by atoms with Crippen molar-refractivity contribution in [2.24, 2.45) is 5.73 Å². The molecule has 0 unspecified atom stereocenters. The minimum absolute atomic E-state index is 0.706. The Morgan fingerprint density at radius 1 is 1.32 bits per heavy atom. The van der Waals surface area contributed by atoms with Gasteiger partial charge in [0.25, 0.3) is 0 Å². The zero-order chi connectivity index (χ0) is 13.1. The van der Waals surface area contributed by atoms with Crippen molar-refractivity contribution in [2.45, 2.75) is 25.7 Å². The van der Waals surface area contributed by atoms with Gasteiger partial charge in [0.05, 0.1) is 4.88 Å². The van der Waals surface area contributed by atoms with Crippen LogP contribution in [0.3, 0.4) is 0 Å². The van der Waals surface area contributed by atoms with E-state index in [9.17, 15) is 0 Å². The Labute approximate surface area is 117 Å². The summed E-state index contributed by atoms with van der Waals surface area (Å²) in [6.45, 7) is 1.59. The molecule has 19 heavy (non-hydrogen) atoms. The van der Waals surface area contributed by atoms with Crippen molar-refractivity contribution in [3.05, 3.63) is 28.8 Å². The van der Waals surface area contributed by atoms with E-state index < -0.39 is 0 Å². The summed E-state index contributed by atoms with van der Waals surface area (Å²) < 4.78 is 0.